The van der Waals surface area contributed by atoms with Crippen molar-refractivity contribution in [3.63, 3.8) is 0 Å². The van der Waals surface area contributed by atoms with E-state index in [4.69, 9.17) is 4.42 Å². The summed E-state index contributed by atoms with van der Waals surface area (Å²) in [5.74, 6) is 0.786. The average Bonchev–Trinajstić information content (AvgIpc) is 3.04. The van der Waals surface area contributed by atoms with Gasteiger partial charge in [-0.15, -0.1) is 10.2 Å². The third-order valence-electron chi connectivity index (χ3n) is 3.58. The molecule has 3 rings (SSSR count). The van der Waals surface area contributed by atoms with Gasteiger partial charge in [0.25, 0.3) is 5.91 Å². The molecule has 2 aromatic carbocycles. The Morgan fingerprint density at radius 2 is 1.75 bits per heavy atom. The molecule has 0 bridgehead atoms. The molecule has 1 aromatic heterocycles. The fourth-order valence-electron chi connectivity index (χ4n) is 2.22. The number of benzene rings is 2. The van der Waals surface area contributed by atoms with Crippen LogP contribution in [0.2, 0.25) is 0 Å². The first kappa shape index (κ1) is 16.6. The van der Waals surface area contributed by atoms with Crippen LogP contribution in [0.1, 0.15) is 21.8 Å². The average molecular weight is 433 g/mol. The first-order chi connectivity index (χ1) is 11.5. The molecule has 0 fully saturated rings. The van der Waals surface area contributed by atoms with Gasteiger partial charge in [0.15, 0.2) is 0 Å². The summed E-state index contributed by atoms with van der Waals surface area (Å²) >= 11 is 2.21. The number of amides is 1. The number of aromatic nitrogens is 2. The maximum Gasteiger partial charge on any atom is 0.254 e. The molecule has 122 valence electrons. The topological polar surface area (TPSA) is 59.2 Å². The first-order valence-corrected chi connectivity index (χ1v) is 8.51. The maximum absolute atomic E-state index is 12.4. The molecule has 3 aromatic rings. The molecule has 1 heterocycles. The van der Waals surface area contributed by atoms with Crippen LogP contribution in [-0.4, -0.2) is 28.1 Å². The molecular formula is C18H16IN3O2. The lowest BCUT2D eigenvalue weighted by molar-refractivity contribution is 0.0773. The molecule has 0 aliphatic heterocycles. The second-order valence-electron chi connectivity index (χ2n) is 5.54. The Morgan fingerprint density at radius 1 is 1.08 bits per heavy atom. The van der Waals surface area contributed by atoms with E-state index in [0.29, 0.717) is 17.3 Å². The molecule has 0 aliphatic rings. The van der Waals surface area contributed by atoms with Crippen LogP contribution < -0.4 is 0 Å². The van der Waals surface area contributed by atoms with Gasteiger partial charge < -0.3 is 9.32 Å². The molecule has 0 aliphatic carbocycles. The number of hydrogen-bond acceptors (Lipinski definition) is 4. The normalized spacial score (nSPS) is 10.6. The van der Waals surface area contributed by atoms with Gasteiger partial charge in [-0.1, -0.05) is 17.7 Å². The van der Waals surface area contributed by atoms with Crippen LogP contribution in [-0.2, 0) is 6.54 Å². The van der Waals surface area contributed by atoms with Crippen molar-refractivity contribution in [2.45, 2.75) is 13.5 Å². The third kappa shape index (κ3) is 3.81. The summed E-state index contributed by atoms with van der Waals surface area (Å²) < 4.78 is 6.76. The van der Waals surface area contributed by atoms with Gasteiger partial charge in [-0.3, -0.25) is 4.79 Å². The Kier molecular flexibility index (Phi) is 4.94. The largest absolute Gasteiger partial charge is 0.419 e. The molecule has 0 saturated heterocycles. The van der Waals surface area contributed by atoms with Crippen LogP contribution in [0.15, 0.2) is 52.9 Å². The van der Waals surface area contributed by atoms with Crippen LogP contribution in [0.3, 0.4) is 0 Å². The molecule has 0 unspecified atom stereocenters. The van der Waals surface area contributed by atoms with Crippen LogP contribution in [0.5, 0.6) is 0 Å². The SMILES string of the molecule is Cc1ccc(-c2nnc(CN(C)C(=O)c3ccc(I)cc3)o2)cc1. The molecule has 0 saturated carbocycles. The molecule has 0 N–H and O–H groups in total. The molecular weight excluding hydrogens is 417 g/mol. The van der Waals surface area contributed by atoms with Crippen LogP contribution in [0.25, 0.3) is 11.5 Å². The van der Waals surface area contributed by atoms with Gasteiger partial charge in [0.1, 0.15) is 0 Å². The van der Waals surface area contributed by atoms with E-state index in [-0.39, 0.29) is 12.5 Å². The van der Waals surface area contributed by atoms with Crippen molar-refractivity contribution in [1.29, 1.82) is 0 Å². The number of hydrogen-bond donors (Lipinski definition) is 0. The van der Waals surface area contributed by atoms with E-state index < -0.39 is 0 Å². The van der Waals surface area contributed by atoms with E-state index in [1.165, 1.54) is 5.56 Å². The zero-order chi connectivity index (χ0) is 17.1. The van der Waals surface area contributed by atoms with E-state index in [1.807, 2.05) is 55.5 Å². The summed E-state index contributed by atoms with van der Waals surface area (Å²) in [7, 11) is 1.72. The Labute approximate surface area is 153 Å². The summed E-state index contributed by atoms with van der Waals surface area (Å²) in [6.45, 7) is 2.29. The Morgan fingerprint density at radius 3 is 2.42 bits per heavy atom. The Balaban J connectivity index is 1.70. The van der Waals surface area contributed by atoms with Crippen molar-refractivity contribution < 1.29 is 9.21 Å². The predicted molar refractivity (Wildman–Crippen MR) is 99.4 cm³/mol. The highest BCUT2D eigenvalue weighted by molar-refractivity contribution is 14.1. The van der Waals surface area contributed by atoms with Crippen molar-refractivity contribution in [3.05, 3.63) is 69.1 Å². The van der Waals surface area contributed by atoms with Crippen molar-refractivity contribution >= 4 is 28.5 Å². The van der Waals surface area contributed by atoms with Gasteiger partial charge in [-0.25, -0.2) is 0 Å². The third-order valence-corrected chi connectivity index (χ3v) is 4.29. The van der Waals surface area contributed by atoms with Gasteiger partial charge in [0.2, 0.25) is 11.8 Å². The van der Waals surface area contributed by atoms with Crippen molar-refractivity contribution in [2.24, 2.45) is 0 Å². The zero-order valence-electron chi connectivity index (χ0n) is 13.4. The van der Waals surface area contributed by atoms with E-state index in [9.17, 15) is 4.79 Å². The zero-order valence-corrected chi connectivity index (χ0v) is 15.5. The fourth-order valence-corrected chi connectivity index (χ4v) is 2.58. The minimum Gasteiger partial charge on any atom is -0.419 e. The van der Waals surface area contributed by atoms with Gasteiger partial charge in [-0.2, -0.15) is 0 Å². The number of carbonyl (C=O) groups is 1. The lowest BCUT2D eigenvalue weighted by atomic mass is 10.1. The van der Waals surface area contributed by atoms with Gasteiger partial charge >= 0.3 is 0 Å². The van der Waals surface area contributed by atoms with Crippen molar-refractivity contribution in [1.82, 2.24) is 15.1 Å². The summed E-state index contributed by atoms with van der Waals surface area (Å²) in [5.41, 5.74) is 2.67. The minimum absolute atomic E-state index is 0.0820. The van der Waals surface area contributed by atoms with Crippen molar-refractivity contribution in [2.75, 3.05) is 7.05 Å². The number of carbonyl (C=O) groups excluding carboxylic acids is 1. The van der Waals surface area contributed by atoms with E-state index >= 15 is 0 Å². The molecule has 0 spiro atoms. The lowest BCUT2D eigenvalue weighted by Gasteiger charge is -2.14. The molecule has 0 atom stereocenters. The second-order valence-corrected chi connectivity index (χ2v) is 6.78. The van der Waals surface area contributed by atoms with Crippen LogP contribution >= 0.6 is 22.6 Å². The number of halogens is 1. The maximum atomic E-state index is 12.4. The van der Waals surface area contributed by atoms with Crippen LogP contribution in [0.4, 0.5) is 0 Å². The molecule has 5 nitrogen and oxygen atoms in total. The minimum atomic E-state index is -0.0820. The molecule has 0 radical (unpaired) electrons. The van der Waals surface area contributed by atoms with E-state index in [0.717, 1.165) is 9.13 Å². The quantitative estimate of drug-likeness (QED) is 0.586. The van der Waals surface area contributed by atoms with Gasteiger partial charge in [-0.05, 0) is 65.9 Å². The monoisotopic (exact) mass is 433 g/mol. The van der Waals surface area contributed by atoms with Crippen LogP contribution in [0, 0.1) is 10.5 Å². The molecule has 24 heavy (non-hydrogen) atoms. The van der Waals surface area contributed by atoms with Crippen molar-refractivity contribution in [3.8, 4) is 11.5 Å². The molecule has 1 amide bonds. The Hall–Kier alpha value is -2.22. The summed E-state index contributed by atoms with van der Waals surface area (Å²) in [4.78, 5) is 14.0. The van der Waals surface area contributed by atoms with E-state index in [2.05, 4.69) is 32.8 Å². The number of aryl methyl sites for hydroxylation is 1. The highest BCUT2D eigenvalue weighted by Gasteiger charge is 2.16. The van der Waals surface area contributed by atoms with Gasteiger partial charge in [0.05, 0.1) is 6.54 Å². The second kappa shape index (κ2) is 7.12. The molecule has 6 heteroatoms. The summed E-state index contributed by atoms with van der Waals surface area (Å²) in [5, 5.41) is 8.09. The Bertz CT molecular complexity index is 841. The van der Waals surface area contributed by atoms with Gasteiger partial charge in [0, 0.05) is 21.7 Å². The summed E-state index contributed by atoms with van der Waals surface area (Å²) in [6.07, 6.45) is 0. The smallest absolute Gasteiger partial charge is 0.254 e. The van der Waals surface area contributed by atoms with E-state index in [1.54, 1.807) is 11.9 Å². The number of nitrogens with zero attached hydrogens (tertiary/aromatic N) is 3. The highest BCUT2D eigenvalue weighted by atomic mass is 127. The summed E-state index contributed by atoms with van der Waals surface area (Å²) in [6, 6.07) is 15.3. The standard InChI is InChI=1S/C18H16IN3O2/c1-12-3-5-13(6-4-12)17-21-20-16(24-17)11-22(2)18(23)14-7-9-15(19)10-8-14/h3-10H,11H2,1-2H3. The lowest BCUT2D eigenvalue weighted by Crippen LogP contribution is -2.26. The first-order valence-electron chi connectivity index (χ1n) is 7.43. The fraction of sp³-hybridized carbons (Fsp3) is 0.167. The predicted octanol–water partition coefficient (Wildman–Crippen LogP) is 3.92. The number of rotatable bonds is 4. The highest BCUT2D eigenvalue weighted by Crippen LogP contribution is 2.19.